The molecule has 0 aromatic heterocycles. The second kappa shape index (κ2) is 12.7. The van der Waals surface area contributed by atoms with E-state index in [-0.39, 0.29) is 16.8 Å². The van der Waals surface area contributed by atoms with Crippen LogP contribution in [0.5, 0.6) is 0 Å². The van der Waals surface area contributed by atoms with Crippen molar-refractivity contribution in [3.8, 4) is 0 Å². The Hall–Kier alpha value is -0.200. The van der Waals surface area contributed by atoms with Crippen molar-refractivity contribution >= 4 is 0 Å². The van der Waals surface area contributed by atoms with Crippen LogP contribution in [0.25, 0.3) is 0 Å². The number of hydrogen-bond acceptors (Lipinski definition) is 5. The van der Waals surface area contributed by atoms with Crippen molar-refractivity contribution in [2.24, 2.45) is 0 Å². The maximum atomic E-state index is 5.88. The fourth-order valence-electron chi connectivity index (χ4n) is 3.76. The lowest BCUT2D eigenvalue weighted by molar-refractivity contribution is -0.0797. The Morgan fingerprint density at radius 2 is 0.933 bits per heavy atom. The highest BCUT2D eigenvalue weighted by atomic mass is 16.5. The van der Waals surface area contributed by atoms with Crippen LogP contribution in [0.2, 0.25) is 0 Å². The number of ether oxygens (including phenoxy) is 3. The minimum atomic E-state index is 0.0245. The number of hydrogen-bond donors (Lipinski definition) is 2. The van der Waals surface area contributed by atoms with Gasteiger partial charge in [0.1, 0.15) is 0 Å². The Morgan fingerprint density at radius 3 is 1.27 bits per heavy atom. The molecule has 1 unspecified atom stereocenters. The van der Waals surface area contributed by atoms with Gasteiger partial charge < -0.3 is 24.8 Å². The molecule has 3 rings (SSSR count). The molecule has 0 amide bonds. The molecule has 30 heavy (non-hydrogen) atoms. The molecule has 3 fully saturated rings. The van der Waals surface area contributed by atoms with E-state index in [1.54, 1.807) is 0 Å². The van der Waals surface area contributed by atoms with Gasteiger partial charge in [-0.2, -0.15) is 0 Å². The van der Waals surface area contributed by atoms with Gasteiger partial charge in [0.2, 0.25) is 0 Å². The predicted octanol–water partition coefficient (Wildman–Crippen LogP) is 5.07. The molecule has 0 aromatic rings. The SMILES string of the molecule is CC(C)(C)OC1CCCCC1.CC(C)(C)OC1CCNC1.CC(C)(C)OC1CNC1. The first-order valence-corrected chi connectivity index (χ1v) is 12.2. The zero-order valence-corrected chi connectivity index (χ0v) is 21.5. The van der Waals surface area contributed by atoms with Gasteiger partial charge in [0, 0.05) is 19.6 Å². The lowest BCUT2D eigenvalue weighted by Gasteiger charge is -2.33. The molecule has 2 N–H and O–H groups in total. The Balaban J connectivity index is 0.000000226. The van der Waals surface area contributed by atoms with E-state index >= 15 is 0 Å². The van der Waals surface area contributed by atoms with Crippen LogP contribution in [-0.2, 0) is 14.2 Å². The molecule has 1 aliphatic carbocycles. The fourth-order valence-corrected chi connectivity index (χ4v) is 3.76. The maximum Gasteiger partial charge on any atom is 0.0830 e. The predicted molar refractivity (Wildman–Crippen MR) is 127 cm³/mol. The standard InChI is InChI=1S/C10H20O.C8H17NO.C7H15NO/c1-10(2,3)11-9-7-5-4-6-8-9;1-8(2,3)10-7-4-5-9-6-7;1-7(2,3)9-6-4-8-5-6/h9H,4-8H2,1-3H3;7,9H,4-6H2,1-3H3;6,8H,4-5H2,1-3H3. The summed E-state index contributed by atoms with van der Waals surface area (Å²) < 4.78 is 17.2. The first kappa shape index (κ1) is 27.8. The molecule has 0 radical (unpaired) electrons. The molecule has 180 valence electrons. The van der Waals surface area contributed by atoms with Crippen molar-refractivity contribution in [2.75, 3.05) is 26.2 Å². The van der Waals surface area contributed by atoms with Gasteiger partial charge in [-0.3, -0.25) is 0 Å². The van der Waals surface area contributed by atoms with Gasteiger partial charge in [-0.05, 0) is 88.1 Å². The van der Waals surface area contributed by atoms with Crippen molar-refractivity contribution in [1.29, 1.82) is 0 Å². The Labute approximate surface area is 187 Å². The summed E-state index contributed by atoms with van der Waals surface area (Å²) in [7, 11) is 0. The van der Waals surface area contributed by atoms with Crippen molar-refractivity contribution in [3.05, 3.63) is 0 Å². The third-order valence-electron chi connectivity index (χ3n) is 4.87. The second-order valence-corrected chi connectivity index (χ2v) is 11.8. The van der Waals surface area contributed by atoms with Gasteiger partial charge >= 0.3 is 0 Å². The van der Waals surface area contributed by atoms with Crippen LogP contribution in [-0.4, -0.2) is 61.3 Å². The summed E-state index contributed by atoms with van der Waals surface area (Å²) in [6.45, 7) is 23.2. The van der Waals surface area contributed by atoms with Gasteiger partial charge in [-0.1, -0.05) is 19.3 Å². The molecular formula is C25H52N2O3. The van der Waals surface area contributed by atoms with E-state index < -0.39 is 0 Å². The highest BCUT2D eigenvalue weighted by molar-refractivity contribution is 4.78. The largest absolute Gasteiger partial charge is 0.373 e. The molecule has 3 aliphatic rings. The van der Waals surface area contributed by atoms with Crippen LogP contribution >= 0.6 is 0 Å². The van der Waals surface area contributed by atoms with Crippen LogP contribution in [0.1, 0.15) is 101 Å². The molecular weight excluding hydrogens is 376 g/mol. The highest BCUT2D eigenvalue weighted by Gasteiger charge is 2.23. The van der Waals surface area contributed by atoms with Crippen LogP contribution in [0.4, 0.5) is 0 Å². The molecule has 0 bridgehead atoms. The zero-order chi connectivity index (χ0) is 22.8. The molecule has 5 heteroatoms. The van der Waals surface area contributed by atoms with E-state index in [0.29, 0.717) is 18.3 Å². The molecule has 0 spiro atoms. The molecule has 1 saturated carbocycles. The molecule has 5 nitrogen and oxygen atoms in total. The second-order valence-electron chi connectivity index (χ2n) is 11.8. The van der Waals surface area contributed by atoms with E-state index in [1.807, 2.05) is 0 Å². The van der Waals surface area contributed by atoms with Gasteiger partial charge in [0.25, 0.3) is 0 Å². The van der Waals surface area contributed by atoms with Crippen LogP contribution in [0.15, 0.2) is 0 Å². The van der Waals surface area contributed by atoms with E-state index in [0.717, 1.165) is 32.6 Å². The fraction of sp³-hybridized carbons (Fsp3) is 1.00. The monoisotopic (exact) mass is 428 g/mol. The Morgan fingerprint density at radius 1 is 0.500 bits per heavy atom. The average molecular weight is 429 g/mol. The van der Waals surface area contributed by atoms with Crippen LogP contribution in [0.3, 0.4) is 0 Å². The third kappa shape index (κ3) is 15.6. The summed E-state index contributed by atoms with van der Waals surface area (Å²) in [6.07, 6.45) is 9.30. The molecule has 0 aromatic carbocycles. The van der Waals surface area contributed by atoms with E-state index in [4.69, 9.17) is 14.2 Å². The van der Waals surface area contributed by atoms with Crippen molar-refractivity contribution in [2.45, 2.75) is 136 Å². The van der Waals surface area contributed by atoms with Gasteiger partial charge in [0.15, 0.2) is 0 Å². The van der Waals surface area contributed by atoms with Gasteiger partial charge in [0.05, 0.1) is 35.1 Å². The first-order chi connectivity index (χ1) is 13.7. The van der Waals surface area contributed by atoms with E-state index in [2.05, 4.69) is 72.9 Å². The van der Waals surface area contributed by atoms with Crippen molar-refractivity contribution in [1.82, 2.24) is 10.6 Å². The lowest BCUT2D eigenvalue weighted by atomic mass is 9.97. The summed E-state index contributed by atoms with van der Waals surface area (Å²) >= 11 is 0. The Bertz CT molecular complexity index is 433. The van der Waals surface area contributed by atoms with Crippen molar-refractivity contribution in [3.63, 3.8) is 0 Å². The topological polar surface area (TPSA) is 51.8 Å². The smallest absolute Gasteiger partial charge is 0.0830 e. The highest BCUT2D eigenvalue weighted by Crippen LogP contribution is 2.24. The quantitative estimate of drug-likeness (QED) is 0.657. The normalized spacial score (nSPS) is 23.7. The Kier molecular flexibility index (Phi) is 11.8. The van der Waals surface area contributed by atoms with Crippen molar-refractivity contribution < 1.29 is 14.2 Å². The summed E-state index contributed by atoms with van der Waals surface area (Å²) in [4.78, 5) is 0. The molecule has 2 aliphatic heterocycles. The van der Waals surface area contributed by atoms with Crippen LogP contribution < -0.4 is 10.6 Å². The molecule has 1 atom stereocenters. The number of nitrogens with one attached hydrogen (secondary N) is 2. The number of rotatable bonds is 3. The minimum Gasteiger partial charge on any atom is -0.373 e. The summed E-state index contributed by atoms with van der Waals surface area (Å²) in [5.41, 5.74) is 0.117. The summed E-state index contributed by atoms with van der Waals surface area (Å²) in [5.74, 6) is 0. The molecule has 2 saturated heterocycles. The lowest BCUT2D eigenvalue weighted by Crippen LogP contribution is -2.51. The van der Waals surface area contributed by atoms with Gasteiger partial charge in [-0.15, -0.1) is 0 Å². The molecule has 2 heterocycles. The average Bonchev–Trinajstić information content (AvgIpc) is 3.02. The van der Waals surface area contributed by atoms with E-state index in [9.17, 15) is 0 Å². The van der Waals surface area contributed by atoms with Crippen LogP contribution in [0, 0.1) is 0 Å². The third-order valence-corrected chi connectivity index (χ3v) is 4.87. The van der Waals surface area contributed by atoms with E-state index in [1.165, 1.54) is 32.1 Å². The summed E-state index contributed by atoms with van der Waals surface area (Å²) in [6, 6.07) is 0. The van der Waals surface area contributed by atoms with Gasteiger partial charge in [-0.25, -0.2) is 0 Å². The maximum absolute atomic E-state index is 5.88. The first-order valence-electron chi connectivity index (χ1n) is 12.2. The zero-order valence-electron chi connectivity index (χ0n) is 21.5. The minimum absolute atomic E-state index is 0.0245. The summed E-state index contributed by atoms with van der Waals surface area (Å²) in [5, 5.41) is 6.43.